The highest BCUT2D eigenvalue weighted by Gasteiger charge is 2.10. The molecule has 0 aliphatic heterocycles. The molecule has 0 spiro atoms. The maximum atomic E-state index is 5.70. The molecular weight excluding hydrogens is 1030 g/mol. The number of hydrogen-bond acceptors (Lipinski definition) is 7. The molecule has 0 aliphatic carbocycles. The van der Waals surface area contributed by atoms with E-state index in [0.29, 0.717) is 35.5 Å². The van der Waals surface area contributed by atoms with Crippen molar-refractivity contribution in [3.63, 3.8) is 0 Å². The van der Waals surface area contributed by atoms with Crippen molar-refractivity contribution >= 4 is 40.1 Å². The van der Waals surface area contributed by atoms with Crippen LogP contribution in [-0.2, 0) is 38.5 Å². The van der Waals surface area contributed by atoms with Gasteiger partial charge in [0.25, 0.3) is 0 Å². The number of aryl methyl sites for hydroxylation is 4. The van der Waals surface area contributed by atoms with Crippen LogP contribution in [0.25, 0.3) is 6.08 Å². The van der Waals surface area contributed by atoms with Crippen LogP contribution in [0.1, 0.15) is 285 Å². The quantitative estimate of drug-likeness (QED) is 0.0642. The van der Waals surface area contributed by atoms with Crippen molar-refractivity contribution in [1.82, 2.24) is 15.0 Å². The average Bonchev–Trinajstić information content (AvgIpc) is 4.23. The number of hydrogen-bond donors (Lipinski definition) is 0. The van der Waals surface area contributed by atoms with Crippen molar-refractivity contribution in [2.75, 3.05) is 0 Å². The highest BCUT2D eigenvalue weighted by Crippen LogP contribution is 2.27. The summed E-state index contributed by atoms with van der Waals surface area (Å²) in [6, 6.07) is 21.9. The number of furan rings is 1. The summed E-state index contributed by atoms with van der Waals surface area (Å²) < 4.78 is 5.70. The number of nitrogens with zero attached hydrogens (tertiary/aromatic N) is 3. The Morgan fingerprint density at radius 2 is 0.988 bits per heavy atom. The molecule has 450 valence electrons. The van der Waals surface area contributed by atoms with Gasteiger partial charge >= 0.3 is 0 Å². The zero-order chi connectivity index (χ0) is 60.5. The number of pyridine rings is 1. The van der Waals surface area contributed by atoms with Gasteiger partial charge in [-0.2, -0.15) is 0 Å². The monoisotopic (exact) mass is 1150 g/mol. The zero-order valence-corrected chi connectivity index (χ0v) is 58.1. The Kier molecular flexibility index (Phi) is 38.4. The highest BCUT2D eigenvalue weighted by atomic mass is 32.1. The van der Waals surface area contributed by atoms with Gasteiger partial charge in [0.1, 0.15) is 11.5 Å². The normalized spacial score (nSPS) is 11.6. The summed E-state index contributed by atoms with van der Waals surface area (Å²) in [7, 11) is 0. The van der Waals surface area contributed by atoms with E-state index in [0.717, 1.165) is 72.7 Å². The van der Waals surface area contributed by atoms with Crippen molar-refractivity contribution in [3.05, 3.63) is 149 Å². The molecule has 5 aromatic heterocycles. The Balaban J connectivity index is 0.000000480. The second-order valence-electron chi connectivity index (χ2n) is 26.5. The van der Waals surface area contributed by atoms with E-state index in [2.05, 4.69) is 254 Å². The zero-order valence-electron chi connectivity index (χ0n) is 55.6. The van der Waals surface area contributed by atoms with Crippen molar-refractivity contribution < 1.29 is 4.42 Å². The first-order chi connectivity index (χ1) is 37.5. The summed E-state index contributed by atoms with van der Waals surface area (Å²) in [6.07, 6.45) is 22.4. The molecule has 0 N–H and O–H groups in total. The summed E-state index contributed by atoms with van der Waals surface area (Å²) in [5.41, 5.74) is 5.37. The van der Waals surface area contributed by atoms with Crippen LogP contribution < -0.4 is 0 Å². The van der Waals surface area contributed by atoms with E-state index in [4.69, 9.17) is 4.42 Å². The van der Waals surface area contributed by atoms with Gasteiger partial charge in [-0.25, -0.2) is 9.97 Å². The lowest BCUT2D eigenvalue weighted by Gasteiger charge is -2.08. The first-order valence-corrected chi connectivity index (χ1v) is 33.8. The fourth-order valence-electron chi connectivity index (χ4n) is 7.70. The molecule has 0 saturated carbocycles. The van der Waals surface area contributed by atoms with Gasteiger partial charge in [0, 0.05) is 62.6 Å². The summed E-state index contributed by atoms with van der Waals surface area (Å²) in [5, 5.41) is 2.60. The summed E-state index contributed by atoms with van der Waals surface area (Å²) in [6.45, 7) is 53.7. The van der Waals surface area contributed by atoms with Gasteiger partial charge < -0.3 is 4.42 Å². The van der Waals surface area contributed by atoms with E-state index in [-0.39, 0.29) is 0 Å². The third-order valence-corrected chi connectivity index (χ3v) is 16.9. The summed E-state index contributed by atoms with van der Waals surface area (Å²) >= 11 is 5.73. The van der Waals surface area contributed by atoms with E-state index in [9.17, 15) is 0 Å². The second kappa shape index (κ2) is 41.4. The van der Waals surface area contributed by atoms with Gasteiger partial charge in [-0.1, -0.05) is 203 Å². The molecule has 1 aromatic carbocycles. The van der Waals surface area contributed by atoms with Crippen LogP contribution >= 0.6 is 34.0 Å². The highest BCUT2D eigenvalue weighted by molar-refractivity contribution is 7.12. The largest absolute Gasteiger partial charge is 0.466 e. The number of benzene rings is 1. The molecule has 0 amide bonds. The molecule has 7 heteroatoms. The maximum absolute atomic E-state index is 5.70. The molecule has 4 nitrogen and oxygen atoms in total. The van der Waals surface area contributed by atoms with Crippen molar-refractivity contribution in [1.29, 1.82) is 0 Å². The van der Waals surface area contributed by atoms with Crippen LogP contribution in [0.2, 0.25) is 0 Å². The van der Waals surface area contributed by atoms with Crippen LogP contribution in [0.4, 0.5) is 0 Å². The molecule has 0 fully saturated rings. The Hall–Kier alpha value is -3.65. The Morgan fingerprint density at radius 3 is 1.50 bits per heavy atom. The lowest BCUT2D eigenvalue weighted by Crippen LogP contribution is -1.97. The smallest absolute Gasteiger partial charge is 0.106 e. The number of rotatable bonds is 23. The number of allylic oxidation sites excluding steroid dienone is 1. The topological polar surface area (TPSA) is 51.8 Å². The van der Waals surface area contributed by atoms with Crippen molar-refractivity contribution in [3.8, 4) is 0 Å². The van der Waals surface area contributed by atoms with E-state index < -0.39 is 0 Å². The SMILES string of the molecule is CC(C)/C=C/c1cccc(C(C)C)c1.CC(C)CCc1cc(C(C)C)ccn1.CC(C)CCc1ccc(C(C)C)o1.CC(C)CCc1ccc(C(C)C)s1.CC(C)CCc1ncc(C(C)C)s1.CC(C)Cc1cnc(CC(C)C)s1. The molecule has 0 radical (unpaired) electrons. The molecule has 6 rings (SSSR count). The minimum absolute atomic E-state index is 0.507. The summed E-state index contributed by atoms with van der Waals surface area (Å²) in [5.74, 6) is 10.5. The number of thiazole rings is 2. The van der Waals surface area contributed by atoms with E-state index >= 15 is 0 Å². The van der Waals surface area contributed by atoms with Gasteiger partial charge in [0.2, 0.25) is 0 Å². The van der Waals surface area contributed by atoms with Gasteiger partial charge in [-0.05, 0) is 170 Å². The third kappa shape index (κ3) is 36.0. The molecule has 80 heavy (non-hydrogen) atoms. The molecule has 6 aromatic rings. The van der Waals surface area contributed by atoms with Crippen LogP contribution in [-0.4, -0.2) is 15.0 Å². The fourth-order valence-corrected chi connectivity index (χ4v) is 11.0. The van der Waals surface area contributed by atoms with Crippen LogP contribution in [0.15, 0.2) is 89.7 Å². The average molecular weight is 1150 g/mol. The predicted octanol–water partition coefficient (Wildman–Crippen LogP) is 24.1. The van der Waals surface area contributed by atoms with E-state index in [1.54, 1.807) is 4.88 Å². The molecule has 0 aliphatic rings. The Morgan fingerprint density at radius 1 is 0.425 bits per heavy atom. The van der Waals surface area contributed by atoms with Crippen LogP contribution in [0.5, 0.6) is 0 Å². The Bertz CT molecular complexity index is 2310. The molecular formula is C73H119N3OS3. The summed E-state index contributed by atoms with van der Waals surface area (Å²) in [4.78, 5) is 19.2. The van der Waals surface area contributed by atoms with E-state index in [1.807, 2.05) is 52.6 Å². The fraction of sp³-hybridized carbons (Fsp3) is 0.630. The molecule has 0 unspecified atom stereocenters. The second-order valence-corrected chi connectivity index (χ2v) is 30.1. The standard InChI is InChI=1S/C14H20.C13H21N.C12H20O.C12H20S.2C11H19NS/c1-11(2)8-9-13-6-5-7-14(10-13)12(3)4;1-10(2)5-6-13-9-12(11(3)4)7-8-14-13;2*1-9(2)5-6-11-7-8-12(13-11)10(3)4;1-8(2)5-10-7-12-11(13-10)6-9(3)4;1-8(2)5-6-11-12-7-10(13-11)9(3)4/h5-12H,1-4H3;7-11H,5-6H2,1-4H3;2*7-10H,5-6H2,1-4H3;2*7-9H,5-6H2,1-4H3/b9-8+;;;;;. The Labute approximate surface area is 506 Å². The van der Waals surface area contributed by atoms with Crippen LogP contribution in [0, 0.1) is 41.4 Å². The first kappa shape index (κ1) is 74.4. The van der Waals surface area contributed by atoms with Gasteiger partial charge in [0.15, 0.2) is 0 Å². The molecule has 0 bridgehead atoms. The molecule has 0 atom stereocenters. The molecule has 0 saturated heterocycles. The predicted molar refractivity (Wildman–Crippen MR) is 362 cm³/mol. The lowest BCUT2D eigenvalue weighted by molar-refractivity contribution is 0.430. The number of aromatic nitrogens is 3. The van der Waals surface area contributed by atoms with Gasteiger partial charge in [0.05, 0.1) is 10.0 Å². The van der Waals surface area contributed by atoms with Gasteiger partial charge in [-0.3, -0.25) is 4.98 Å². The van der Waals surface area contributed by atoms with Gasteiger partial charge in [-0.15, -0.1) is 34.0 Å². The minimum atomic E-state index is 0.507. The first-order valence-electron chi connectivity index (χ1n) is 31.3. The van der Waals surface area contributed by atoms with Crippen molar-refractivity contribution in [2.24, 2.45) is 41.4 Å². The molecule has 5 heterocycles. The van der Waals surface area contributed by atoms with E-state index in [1.165, 1.54) is 85.6 Å². The third-order valence-electron chi connectivity index (χ3n) is 13.0. The lowest BCUT2D eigenvalue weighted by atomic mass is 10.0. The van der Waals surface area contributed by atoms with Crippen LogP contribution in [0.3, 0.4) is 0 Å². The van der Waals surface area contributed by atoms with Crippen molar-refractivity contribution in [2.45, 2.75) is 260 Å². The number of thiophene rings is 1. The maximum Gasteiger partial charge on any atom is 0.106 e. The minimum Gasteiger partial charge on any atom is -0.466 e.